The molecule has 7 nitrogen and oxygen atoms in total. The number of ether oxygens (including phenoxy) is 1. The Morgan fingerprint density at radius 1 is 1.08 bits per heavy atom. The molecule has 0 saturated heterocycles. The van der Waals surface area contributed by atoms with Crippen LogP contribution in [0, 0.1) is 0 Å². The molecule has 0 aliphatic carbocycles. The van der Waals surface area contributed by atoms with E-state index in [1.807, 2.05) is 12.3 Å². The summed E-state index contributed by atoms with van der Waals surface area (Å²) in [4.78, 5) is 33.1. The first kappa shape index (κ1) is 19.8. The van der Waals surface area contributed by atoms with Crippen molar-refractivity contribution < 1.29 is 29.3 Å². The molecule has 0 atom stereocenters. The van der Waals surface area contributed by atoms with Crippen LogP contribution in [0.15, 0.2) is 42.6 Å². The van der Waals surface area contributed by atoms with Crippen molar-refractivity contribution in [3.63, 3.8) is 0 Å². The van der Waals surface area contributed by atoms with Crippen LogP contribution in [0.5, 0.6) is 5.75 Å². The van der Waals surface area contributed by atoms with Crippen molar-refractivity contribution in [3.8, 4) is 5.75 Å². The van der Waals surface area contributed by atoms with Gasteiger partial charge < -0.3 is 14.9 Å². The molecule has 7 heteroatoms. The van der Waals surface area contributed by atoms with E-state index in [1.165, 1.54) is 5.56 Å². The first-order valence-electron chi connectivity index (χ1n) is 7.54. The van der Waals surface area contributed by atoms with Gasteiger partial charge in [0.05, 0.1) is 6.61 Å². The number of aliphatic carboxylic acids is 2. The van der Waals surface area contributed by atoms with Gasteiger partial charge >= 0.3 is 11.9 Å². The molecule has 0 spiro atoms. The van der Waals surface area contributed by atoms with E-state index in [4.69, 9.17) is 24.5 Å². The first-order valence-corrected chi connectivity index (χ1v) is 7.54. The molecule has 25 heavy (non-hydrogen) atoms. The second-order valence-electron chi connectivity index (χ2n) is 4.91. The van der Waals surface area contributed by atoms with Crippen molar-refractivity contribution in [3.05, 3.63) is 59.4 Å². The molecule has 1 aromatic heterocycles. The van der Waals surface area contributed by atoms with Gasteiger partial charge in [0.2, 0.25) is 0 Å². The fourth-order valence-electron chi connectivity index (χ4n) is 1.73. The fourth-order valence-corrected chi connectivity index (χ4v) is 1.73. The summed E-state index contributed by atoms with van der Waals surface area (Å²) in [5.74, 6) is -2.87. The Bertz CT molecular complexity index is 683. The fraction of sp³-hybridized carbons (Fsp3) is 0.222. The second-order valence-corrected chi connectivity index (χ2v) is 4.91. The Labute approximate surface area is 144 Å². The number of nitrogens with zero attached hydrogens (tertiary/aromatic N) is 1. The number of hydrogen-bond donors (Lipinski definition) is 2. The van der Waals surface area contributed by atoms with Crippen LogP contribution in [-0.2, 0) is 22.4 Å². The van der Waals surface area contributed by atoms with E-state index in [9.17, 15) is 4.79 Å². The number of carbonyl (C=O) groups is 3. The molecule has 0 amide bonds. The van der Waals surface area contributed by atoms with Gasteiger partial charge in [-0.3, -0.25) is 9.78 Å². The average Bonchev–Trinajstić information content (AvgIpc) is 2.63. The number of carboxylic acid groups (broad SMARTS) is 2. The van der Waals surface area contributed by atoms with Gasteiger partial charge in [-0.15, -0.1) is 0 Å². The lowest BCUT2D eigenvalue weighted by atomic mass is 10.2. The van der Waals surface area contributed by atoms with Gasteiger partial charge in [-0.05, 0) is 42.3 Å². The molecule has 0 aliphatic rings. The summed E-state index contributed by atoms with van der Waals surface area (Å²) in [5.41, 5.74) is 2.93. The molecule has 1 aromatic carbocycles. The summed E-state index contributed by atoms with van der Waals surface area (Å²) < 4.78 is 5.61. The first-order chi connectivity index (χ1) is 12.0. The average molecular weight is 345 g/mol. The molecule has 1 heterocycles. The third-order valence-corrected chi connectivity index (χ3v) is 3.12. The molecule has 0 fully saturated rings. The van der Waals surface area contributed by atoms with Crippen LogP contribution in [0.25, 0.3) is 0 Å². The lowest BCUT2D eigenvalue weighted by Crippen LogP contribution is -2.09. The van der Waals surface area contributed by atoms with E-state index in [0.717, 1.165) is 30.6 Å². The van der Waals surface area contributed by atoms with Gasteiger partial charge in [-0.25, -0.2) is 9.59 Å². The number of carbonyl (C=O) groups excluding carboxylic acids is 1. The number of hydrogen-bond acceptors (Lipinski definition) is 5. The lowest BCUT2D eigenvalue weighted by molar-refractivity contribution is -0.159. The van der Waals surface area contributed by atoms with Gasteiger partial charge in [-0.1, -0.05) is 13.0 Å². The van der Waals surface area contributed by atoms with E-state index < -0.39 is 11.9 Å². The summed E-state index contributed by atoms with van der Waals surface area (Å²) >= 11 is 0. The third kappa shape index (κ3) is 7.74. The molecular formula is C18H19NO6. The zero-order valence-electron chi connectivity index (χ0n) is 13.7. The van der Waals surface area contributed by atoms with Crippen LogP contribution < -0.4 is 4.74 Å². The minimum absolute atomic E-state index is 0.582. The Hall–Kier alpha value is -3.22. The van der Waals surface area contributed by atoms with Gasteiger partial charge in [0.1, 0.15) is 12.0 Å². The van der Waals surface area contributed by atoms with Crippen LogP contribution >= 0.6 is 0 Å². The smallest absolute Gasteiger partial charge is 0.414 e. The maximum atomic E-state index is 10.5. The summed E-state index contributed by atoms with van der Waals surface area (Å²) in [6.07, 6.45) is 4.52. The van der Waals surface area contributed by atoms with E-state index in [-0.39, 0.29) is 0 Å². The van der Waals surface area contributed by atoms with E-state index in [2.05, 4.69) is 18.0 Å². The molecule has 0 saturated carbocycles. The summed E-state index contributed by atoms with van der Waals surface area (Å²) in [6, 6.07) is 11.2. The Morgan fingerprint density at radius 3 is 2.16 bits per heavy atom. The van der Waals surface area contributed by atoms with Gasteiger partial charge in [0, 0.05) is 23.9 Å². The van der Waals surface area contributed by atoms with Crippen molar-refractivity contribution >= 4 is 18.2 Å². The number of carboxylic acids is 2. The summed E-state index contributed by atoms with van der Waals surface area (Å²) in [5, 5.41) is 14.8. The number of aldehydes is 1. The lowest BCUT2D eigenvalue weighted by Gasteiger charge is -2.06. The maximum absolute atomic E-state index is 10.5. The van der Waals surface area contributed by atoms with Crippen LogP contribution in [0.2, 0.25) is 0 Å². The Morgan fingerprint density at radius 2 is 1.72 bits per heavy atom. The predicted octanol–water partition coefficient (Wildman–Crippen LogP) is 2.23. The number of pyridine rings is 1. The van der Waals surface area contributed by atoms with Gasteiger partial charge in [0.25, 0.3) is 0 Å². The monoisotopic (exact) mass is 345 g/mol. The van der Waals surface area contributed by atoms with E-state index >= 15 is 0 Å². The highest BCUT2D eigenvalue weighted by molar-refractivity contribution is 6.27. The second kappa shape index (κ2) is 10.5. The highest BCUT2D eigenvalue weighted by Gasteiger charge is 2.04. The molecule has 2 N–H and O–H groups in total. The van der Waals surface area contributed by atoms with Gasteiger partial charge in [-0.2, -0.15) is 0 Å². The van der Waals surface area contributed by atoms with E-state index in [0.29, 0.717) is 12.2 Å². The Balaban J connectivity index is 0.000000450. The highest BCUT2D eigenvalue weighted by atomic mass is 16.5. The van der Waals surface area contributed by atoms with E-state index in [1.54, 1.807) is 24.3 Å². The van der Waals surface area contributed by atoms with Crippen molar-refractivity contribution in [2.24, 2.45) is 0 Å². The molecular weight excluding hydrogens is 326 g/mol. The maximum Gasteiger partial charge on any atom is 0.414 e. The van der Waals surface area contributed by atoms with Crippen LogP contribution in [0.4, 0.5) is 0 Å². The van der Waals surface area contributed by atoms with Crippen LogP contribution in [-0.4, -0.2) is 40.0 Å². The van der Waals surface area contributed by atoms with Crippen molar-refractivity contribution in [2.75, 3.05) is 6.61 Å². The minimum Gasteiger partial charge on any atom is -0.493 e. The van der Waals surface area contributed by atoms with Crippen molar-refractivity contribution in [1.29, 1.82) is 0 Å². The van der Waals surface area contributed by atoms with Crippen molar-refractivity contribution in [1.82, 2.24) is 4.98 Å². The van der Waals surface area contributed by atoms with Crippen LogP contribution in [0.3, 0.4) is 0 Å². The standard InChI is InChI=1S/C16H17NO2.C2H2O4/c1-2-13-3-6-15(17-11-13)9-10-19-16-7-4-14(12-18)5-8-16;3-1(4)2(5)6/h3-8,11-12H,2,9-10H2,1H3;(H,3,4)(H,5,6). The molecule has 0 unspecified atom stereocenters. The molecule has 132 valence electrons. The molecule has 2 aromatic rings. The number of aromatic nitrogens is 1. The van der Waals surface area contributed by atoms with Crippen molar-refractivity contribution in [2.45, 2.75) is 19.8 Å². The number of aryl methyl sites for hydroxylation is 1. The molecule has 0 aliphatic heterocycles. The molecule has 0 radical (unpaired) electrons. The molecule has 0 bridgehead atoms. The number of rotatable bonds is 6. The zero-order chi connectivity index (χ0) is 18.7. The minimum atomic E-state index is -1.82. The predicted molar refractivity (Wildman–Crippen MR) is 89.9 cm³/mol. The summed E-state index contributed by atoms with van der Waals surface area (Å²) in [7, 11) is 0. The highest BCUT2D eigenvalue weighted by Crippen LogP contribution is 2.11. The largest absolute Gasteiger partial charge is 0.493 e. The normalized spacial score (nSPS) is 9.48. The SMILES string of the molecule is CCc1ccc(CCOc2ccc(C=O)cc2)nc1.O=C(O)C(=O)O. The zero-order valence-corrected chi connectivity index (χ0v) is 13.7. The third-order valence-electron chi connectivity index (χ3n) is 3.12. The van der Waals surface area contributed by atoms with Gasteiger partial charge in [0.15, 0.2) is 0 Å². The van der Waals surface area contributed by atoms with Crippen LogP contribution in [0.1, 0.15) is 28.5 Å². The molecule has 2 rings (SSSR count). The summed E-state index contributed by atoms with van der Waals surface area (Å²) in [6.45, 7) is 2.70. The Kier molecular flexibility index (Phi) is 8.35. The quantitative estimate of drug-likeness (QED) is 0.609. The number of benzene rings is 1. The topological polar surface area (TPSA) is 114 Å².